The van der Waals surface area contributed by atoms with Crippen LogP contribution in [-0.2, 0) is 18.9 Å². The maximum absolute atomic E-state index is 9.99. The van der Waals surface area contributed by atoms with E-state index in [2.05, 4.69) is 20.8 Å². The van der Waals surface area contributed by atoms with E-state index in [0.717, 1.165) is 45.1 Å². The lowest BCUT2D eigenvalue weighted by atomic mass is 10.0. The maximum atomic E-state index is 9.99. The third-order valence-corrected chi connectivity index (χ3v) is 4.06. The van der Waals surface area contributed by atoms with Gasteiger partial charge in [-0.2, -0.15) is 0 Å². The summed E-state index contributed by atoms with van der Waals surface area (Å²) in [5.41, 5.74) is 0. The average Bonchev–Trinajstić information content (AvgIpc) is 2.54. The Morgan fingerprint density at radius 1 is 0.913 bits per heavy atom. The molecule has 5 heteroatoms. The van der Waals surface area contributed by atoms with Crippen molar-refractivity contribution in [3.63, 3.8) is 0 Å². The molecule has 1 heterocycles. The van der Waals surface area contributed by atoms with Crippen LogP contribution in [0.25, 0.3) is 0 Å². The highest BCUT2D eigenvalue weighted by Crippen LogP contribution is 2.25. The minimum atomic E-state index is -0.799. The normalized spacial score (nSPS) is 28.2. The summed E-state index contributed by atoms with van der Waals surface area (Å²) in [7, 11) is 0. The van der Waals surface area contributed by atoms with Gasteiger partial charge in [0.25, 0.3) is 0 Å². The number of aliphatic hydroxyl groups excluding tert-OH is 1. The molecule has 0 spiro atoms. The molecule has 138 valence electrons. The molecule has 1 aliphatic rings. The highest BCUT2D eigenvalue weighted by atomic mass is 16.6. The highest BCUT2D eigenvalue weighted by molar-refractivity contribution is 4.85. The van der Waals surface area contributed by atoms with Crippen molar-refractivity contribution >= 4 is 0 Å². The number of hydrogen-bond acceptors (Lipinski definition) is 5. The second-order valence-corrected chi connectivity index (χ2v) is 6.25. The van der Waals surface area contributed by atoms with Crippen LogP contribution in [0.2, 0.25) is 0 Å². The van der Waals surface area contributed by atoms with E-state index in [1.807, 2.05) is 0 Å². The number of unbranched alkanes of at least 4 members (excludes halogenated alkanes) is 3. The largest absolute Gasteiger partial charge is 0.379 e. The molecule has 0 aromatic rings. The third-order valence-electron chi connectivity index (χ3n) is 4.06. The first-order valence-corrected chi connectivity index (χ1v) is 9.37. The van der Waals surface area contributed by atoms with Crippen molar-refractivity contribution < 1.29 is 24.1 Å². The SMILES string of the molecule is CCCCOCC1O[C@@H](O)CC(OCCCC)[C@H]1OCCCC. The lowest BCUT2D eigenvalue weighted by molar-refractivity contribution is -0.261. The standard InChI is InChI=1S/C18H36O5/c1-4-7-10-20-14-16-18(22-12-9-6-3)15(13-17(19)23-16)21-11-8-5-2/h15-19H,4-14H2,1-3H3/t15?,16?,17-,18-/m1/s1. The molecule has 1 saturated heterocycles. The third kappa shape index (κ3) is 8.45. The molecule has 23 heavy (non-hydrogen) atoms. The first-order chi connectivity index (χ1) is 11.2. The molecule has 0 saturated carbocycles. The smallest absolute Gasteiger partial charge is 0.157 e. The van der Waals surface area contributed by atoms with Crippen molar-refractivity contribution in [3.8, 4) is 0 Å². The zero-order valence-electron chi connectivity index (χ0n) is 15.2. The molecule has 0 aromatic carbocycles. The summed E-state index contributed by atoms with van der Waals surface area (Å²) in [4.78, 5) is 0. The van der Waals surface area contributed by atoms with Gasteiger partial charge in [-0.1, -0.05) is 40.0 Å². The molecule has 5 nitrogen and oxygen atoms in total. The average molecular weight is 332 g/mol. The quantitative estimate of drug-likeness (QED) is 0.525. The van der Waals surface area contributed by atoms with E-state index >= 15 is 0 Å². The van der Waals surface area contributed by atoms with Crippen LogP contribution in [-0.4, -0.2) is 56.1 Å². The van der Waals surface area contributed by atoms with E-state index in [9.17, 15) is 5.11 Å². The first kappa shape index (κ1) is 20.8. The first-order valence-electron chi connectivity index (χ1n) is 9.37. The number of ether oxygens (including phenoxy) is 4. The monoisotopic (exact) mass is 332 g/mol. The van der Waals surface area contributed by atoms with Crippen LogP contribution in [0.3, 0.4) is 0 Å². The van der Waals surface area contributed by atoms with Crippen LogP contribution in [0.1, 0.15) is 65.7 Å². The van der Waals surface area contributed by atoms with Gasteiger partial charge in [-0.3, -0.25) is 0 Å². The fourth-order valence-corrected chi connectivity index (χ4v) is 2.61. The van der Waals surface area contributed by atoms with Crippen molar-refractivity contribution in [1.82, 2.24) is 0 Å². The zero-order valence-corrected chi connectivity index (χ0v) is 15.2. The van der Waals surface area contributed by atoms with Gasteiger partial charge in [-0.15, -0.1) is 0 Å². The summed E-state index contributed by atoms with van der Waals surface area (Å²) < 4.78 is 23.4. The van der Waals surface area contributed by atoms with Crippen molar-refractivity contribution in [3.05, 3.63) is 0 Å². The molecular formula is C18H36O5. The van der Waals surface area contributed by atoms with Gasteiger partial charge < -0.3 is 24.1 Å². The lowest BCUT2D eigenvalue weighted by Crippen LogP contribution is -2.52. The summed E-state index contributed by atoms with van der Waals surface area (Å²) in [6, 6.07) is 0. The Bertz CT molecular complexity index is 274. The topological polar surface area (TPSA) is 57.2 Å². The van der Waals surface area contributed by atoms with Gasteiger partial charge in [0.1, 0.15) is 12.2 Å². The highest BCUT2D eigenvalue weighted by Gasteiger charge is 2.39. The molecular weight excluding hydrogens is 296 g/mol. The Labute approximate surface area is 141 Å². The van der Waals surface area contributed by atoms with Gasteiger partial charge >= 0.3 is 0 Å². The Kier molecular flexibility index (Phi) is 11.9. The predicted molar refractivity (Wildman–Crippen MR) is 90.5 cm³/mol. The molecule has 4 atom stereocenters. The molecule has 1 fully saturated rings. The maximum Gasteiger partial charge on any atom is 0.157 e. The minimum absolute atomic E-state index is 0.123. The van der Waals surface area contributed by atoms with Crippen LogP contribution in [0.5, 0.6) is 0 Å². The Hall–Kier alpha value is -0.200. The summed E-state index contributed by atoms with van der Waals surface area (Å²) in [5, 5.41) is 9.99. The predicted octanol–water partition coefficient (Wildman–Crippen LogP) is 3.28. The van der Waals surface area contributed by atoms with Gasteiger partial charge in [-0.25, -0.2) is 0 Å². The molecule has 0 radical (unpaired) electrons. The summed E-state index contributed by atoms with van der Waals surface area (Å²) >= 11 is 0. The van der Waals surface area contributed by atoms with Crippen LogP contribution < -0.4 is 0 Å². The van der Waals surface area contributed by atoms with E-state index in [0.29, 0.717) is 26.2 Å². The molecule has 0 aliphatic carbocycles. The van der Waals surface area contributed by atoms with E-state index in [1.54, 1.807) is 0 Å². The molecule has 2 unspecified atom stereocenters. The van der Waals surface area contributed by atoms with Crippen molar-refractivity contribution in [2.45, 2.75) is 90.3 Å². The van der Waals surface area contributed by atoms with Crippen LogP contribution in [0, 0.1) is 0 Å². The molecule has 0 aromatic heterocycles. The van der Waals surface area contributed by atoms with Gasteiger partial charge in [0, 0.05) is 26.2 Å². The van der Waals surface area contributed by atoms with E-state index in [1.165, 1.54) is 0 Å². The van der Waals surface area contributed by atoms with Crippen molar-refractivity contribution in [1.29, 1.82) is 0 Å². The molecule has 1 rings (SSSR count). The Balaban J connectivity index is 2.56. The second-order valence-electron chi connectivity index (χ2n) is 6.25. The minimum Gasteiger partial charge on any atom is -0.379 e. The van der Waals surface area contributed by atoms with E-state index < -0.39 is 6.29 Å². The Morgan fingerprint density at radius 3 is 2.17 bits per heavy atom. The van der Waals surface area contributed by atoms with Gasteiger partial charge in [0.15, 0.2) is 6.29 Å². The summed E-state index contributed by atoms with van der Waals surface area (Å²) in [5.74, 6) is 0. The zero-order chi connectivity index (χ0) is 16.9. The number of rotatable bonds is 13. The van der Waals surface area contributed by atoms with Gasteiger partial charge in [-0.05, 0) is 19.3 Å². The van der Waals surface area contributed by atoms with Crippen molar-refractivity contribution in [2.75, 3.05) is 26.4 Å². The number of aliphatic hydroxyl groups is 1. The lowest BCUT2D eigenvalue weighted by Gasteiger charge is -2.39. The molecule has 1 aliphatic heterocycles. The van der Waals surface area contributed by atoms with Crippen molar-refractivity contribution in [2.24, 2.45) is 0 Å². The van der Waals surface area contributed by atoms with E-state index in [-0.39, 0.29) is 18.3 Å². The van der Waals surface area contributed by atoms with Gasteiger partial charge in [0.2, 0.25) is 0 Å². The van der Waals surface area contributed by atoms with Crippen LogP contribution in [0.4, 0.5) is 0 Å². The fourth-order valence-electron chi connectivity index (χ4n) is 2.61. The van der Waals surface area contributed by atoms with E-state index in [4.69, 9.17) is 18.9 Å². The number of hydrogen-bond donors (Lipinski definition) is 1. The Morgan fingerprint density at radius 2 is 1.52 bits per heavy atom. The summed E-state index contributed by atoms with van der Waals surface area (Å²) in [6.07, 6.45) is 5.48. The second kappa shape index (κ2) is 13.1. The summed E-state index contributed by atoms with van der Waals surface area (Å²) in [6.45, 7) is 8.98. The molecule has 1 N–H and O–H groups in total. The molecule has 0 bridgehead atoms. The van der Waals surface area contributed by atoms with Crippen LogP contribution in [0.15, 0.2) is 0 Å². The fraction of sp³-hybridized carbons (Fsp3) is 1.00. The van der Waals surface area contributed by atoms with Crippen LogP contribution >= 0.6 is 0 Å². The molecule has 0 amide bonds. The van der Waals surface area contributed by atoms with Gasteiger partial charge in [0.05, 0.1) is 12.7 Å².